The zero-order chi connectivity index (χ0) is 21.6. The molecule has 1 unspecified atom stereocenters. The van der Waals surface area contributed by atoms with Crippen molar-refractivity contribution in [2.24, 2.45) is 0 Å². The van der Waals surface area contributed by atoms with Crippen LogP contribution in [0.3, 0.4) is 0 Å². The van der Waals surface area contributed by atoms with Gasteiger partial charge in [0, 0.05) is 26.2 Å². The van der Waals surface area contributed by atoms with Crippen LogP contribution >= 0.6 is 0 Å². The Balaban J connectivity index is 1.79. The third kappa shape index (κ3) is 6.08. The van der Waals surface area contributed by atoms with E-state index in [2.05, 4.69) is 5.32 Å². The average molecular weight is 417 g/mol. The number of carbonyl (C=O) groups is 3. The van der Waals surface area contributed by atoms with Crippen LogP contribution in [0.1, 0.15) is 6.92 Å². The highest BCUT2D eigenvalue weighted by molar-refractivity contribution is 5.91. The van der Waals surface area contributed by atoms with Crippen molar-refractivity contribution < 1.29 is 37.2 Å². The predicted molar refractivity (Wildman–Crippen MR) is 96.7 cm³/mol. The number of halogens is 3. The second kappa shape index (κ2) is 10.1. The van der Waals surface area contributed by atoms with E-state index in [0.717, 1.165) is 6.07 Å². The van der Waals surface area contributed by atoms with Gasteiger partial charge >= 0.3 is 6.09 Å². The van der Waals surface area contributed by atoms with Crippen molar-refractivity contribution in [3.8, 4) is 0 Å². The molecule has 160 valence electrons. The molecular formula is C18H24F3N4O4+. The second-order valence-corrected chi connectivity index (χ2v) is 6.65. The standard InChI is InChI=1S/C18H23F3N4O4/c1-3-29-18(28)25-8-6-24(7-9-25)15(27)11-23(2)10-14(26)22-13-5-4-12(19)16(20)17(13)21/h4-5H,3,6-11H2,1-2H3,(H,22,26)/p+1. The third-order valence-corrected chi connectivity index (χ3v) is 4.38. The quantitative estimate of drug-likeness (QED) is 0.632. The topological polar surface area (TPSA) is 83.4 Å². The van der Waals surface area contributed by atoms with E-state index >= 15 is 0 Å². The van der Waals surface area contributed by atoms with Crippen molar-refractivity contribution in [2.45, 2.75) is 6.92 Å². The number of rotatable bonds is 6. The van der Waals surface area contributed by atoms with Gasteiger partial charge in [0.15, 0.2) is 30.5 Å². The number of piperazine rings is 1. The van der Waals surface area contributed by atoms with E-state index in [1.807, 2.05) is 0 Å². The van der Waals surface area contributed by atoms with Crippen LogP contribution in [-0.4, -0.2) is 80.6 Å². The van der Waals surface area contributed by atoms with E-state index in [1.54, 1.807) is 18.9 Å². The molecule has 0 spiro atoms. The van der Waals surface area contributed by atoms with Crippen LogP contribution in [0.4, 0.5) is 23.7 Å². The summed E-state index contributed by atoms with van der Waals surface area (Å²) in [4.78, 5) is 39.7. The van der Waals surface area contributed by atoms with Crippen molar-refractivity contribution in [3.05, 3.63) is 29.6 Å². The Kier molecular flexibility index (Phi) is 7.82. The molecule has 2 rings (SSSR count). The highest BCUT2D eigenvalue weighted by atomic mass is 19.2. The lowest BCUT2D eigenvalue weighted by molar-refractivity contribution is -0.862. The van der Waals surface area contributed by atoms with Crippen molar-refractivity contribution in [3.63, 3.8) is 0 Å². The Morgan fingerprint density at radius 2 is 1.66 bits per heavy atom. The Labute approximate surface area is 166 Å². The molecule has 1 heterocycles. The molecule has 29 heavy (non-hydrogen) atoms. The van der Waals surface area contributed by atoms with E-state index < -0.39 is 35.1 Å². The first-order chi connectivity index (χ1) is 13.7. The van der Waals surface area contributed by atoms with Gasteiger partial charge in [0.05, 0.1) is 19.3 Å². The number of hydrogen-bond acceptors (Lipinski definition) is 4. The zero-order valence-electron chi connectivity index (χ0n) is 16.3. The fourth-order valence-electron chi connectivity index (χ4n) is 2.88. The SMILES string of the molecule is CCOC(=O)N1CCN(C(=O)C[NH+](C)CC(=O)Nc2ccc(F)c(F)c2F)CC1. The third-order valence-electron chi connectivity index (χ3n) is 4.38. The maximum Gasteiger partial charge on any atom is 0.409 e. The molecule has 2 N–H and O–H groups in total. The van der Waals surface area contributed by atoms with Crippen LogP contribution in [0.2, 0.25) is 0 Å². The lowest BCUT2D eigenvalue weighted by atomic mass is 10.2. The Bertz CT molecular complexity index is 770. The summed E-state index contributed by atoms with van der Waals surface area (Å²) in [5, 5.41) is 2.17. The molecule has 0 aromatic heterocycles. The number of carbonyl (C=O) groups excluding carboxylic acids is 3. The molecule has 11 heteroatoms. The molecule has 8 nitrogen and oxygen atoms in total. The summed E-state index contributed by atoms with van der Waals surface area (Å²) in [5.41, 5.74) is -0.469. The number of amides is 3. The monoisotopic (exact) mass is 417 g/mol. The minimum Gasteiger partial charge on any atom is -0.450 e. The summed E-state index contributed by atoms with van der Waals surface area (Å²) in [7, 11) is 1.61. The molecule has 0 bridgehead atoms. The summed E-state index contributed by atoms with van der Waals surface area (Å²) in [6.45, 7) is 3.27. The first kappa shape index (κ1) is 22.5. The van der Waals surface area contributed by atoms with Gasteiger partial charge < -0.3 is 24.8 Å². The molecule has 0 aliphatic carbocycles. The van der Waals surface area contributed by atoms with Crippen molar-refractivity contribution in [2.75, 3.05) is 58.2 Å². The number of likely N-dealkylation sites (N-methyl/N-ethyl adjacent to an activating group) is 1. The van der Waals surface area contributed by atoms with Crippen LogP contribution < -0.4 is 10.2 Å². The van der Waals surface area contributed by atoms with E-state index in [-0.39, 0.29) is 25.6 Å². The molecule has 1 saturated heterocycles. The smallest absolute Gasteiger partial charge is 0.409 e. The summed E-state index contributed by atoms with van der Waals surface area (Å²) in [6.07, 6.45) is -0.413. The fourth-order valence-corrected chi connectivity index (χ4v) is 2.88. The van der Waals surface area contributed by atoms with Crippen molar-refractivity contribution in [1.29, 1.82) is 0 Å². The van der Waals surface area contributed by atoms with E-state index in [4.69, 9.17) is 4.74 Å². The molecule has 1 aromatic rings. The molecule has 3 amide bonds. The maximum absolute atomic E-state index is 13.6. The van der Waals surface area contributed by atoms with Crippen LogP contribution in [-0.2, 0) is 14.3 Å². The molecule has 1 atom stereocenters. The lowest BCUT2D eigenvalue weighted by Crippen LogP contribution is -3.11. The molecule has 0 radical (unpaired) electrons. The van der Waals surface area contributed by atoms with Crippen molar-refractivity contribution in [1.82, 2.24) is 9.80 Å². The van der Waals surface area contributed by atoms with Crippen molar-refractivity contribution >= 4 is 23.6 Å². The van der Waals surface area contributed by atoms with Gasteiger partial charge in [-0.3, -0.25) is 9.59 Å². The second-order valence-electron chi connectivity index (χ2n) is 6.65. The molecule has 1 aliphatic heterocycles. The fraction of sp³-hybridized carbons (Fsp3) is 0.500. The number of benzene rings is 1. The zero-order valence-corrected chi connectivity index (χ0v) is 16.3. The number of ether oxygens (including phenoxy) is 1. The lowest BCUT2D eigenvalue weighted by Gasteiger charge is -2.34. The molecular weight excluding hydrogens is 393 g/mol. The molecule has 1 fully saturated rings. The first-order valence-corrected chi connectivity index (χ1v) is 9.17. The van der Waals surface area contributed by atoms with Gasteiger partial charge in [-0.1, -0.05) is 0 Å². The minimum absolute atomic E-state index is 0.00703. The van der Waals surface area contributed by atoms with Crippen LogP contribution in [0.15, 0.2) is 12.1 Å². The first-order valence-electron chi connectivity index (χ1n) is 9.17. The Morgan fingerprint density at radius 3 is 2.28 bits per heavy atom. The maximum atomic E-state index is 13.6. The Hall–Kier alpha value is -2.82. The Morgan fingerprint density at radius 1 is 1.03 bits per heavy atom. The van der Waals surface area contributed by atoms with Gasteiger partial charge in [-0.15, -0.1) is 0 Å². The van der Waals surface area contributed by atoms with Crippen LogP contribution in [0, 0.1) is 17.5 Å². The normalized spacial score (nSPS) is 15.1. The number of nitrogens with one attached hydrogen (secondary N) is 2. The summed E-state index contributed by atoms with van der Waals surface area (Å²) in [5.74, 6) is -5.34. The van der Waals surface area contributed by atoms with E-state index in [9.17, 15) is 27.6 Å². The minimum atomic E-state index is -1.67. The van der Waals surface area contributed by atoms with Crippen LogP contribution in [0.5, 0.6) is 0 Å². The van der Waals surface area contributed by atoms with Gasteiger partial charge in [-0.2, -0.15) is 0 Å². The number of quaternary nitrogens is 1. The summed E-state index contributed by atoms with van der Waals surface area (Å²) >= 11 is 0. The molecule has 1 aliphatic rings. The molecule has 1 aromatic carbocycles. The van der Waals surface area contributed by atoms with E-state index in [0.29, 0.717) is 37.1 Å². The highest BCUT2D eigenvalue weighted by Gasteiger charge is 2.27. The number of anilines is 1. The van der Waals surface area contributed by atoms with Gasteiger partial charge in [0.2, 0.25) is 0 Å². The summed E-state index contributed by atoms with van der Waals surface area (Å²) < 4.78 is 44.7. The largest absolute Gasteiger partial charge is 0.450 e. The van der Waals surface area contributed by atoms with Crippen LogP contribution in [0.25, 0.3) is 0 Å². The number of hydrogen-bond donors (Lipinski definition) is 2. The van der Waals surface area contributed by atoms with Gasteiger partial charge in [-0.05, 0) is 19.1 Å². The summed E-state index contributed by atoms with van der Waals surface area (Å²) in [6, 6.07) is 1.64. The van der Waals surface area contributed by atoms with E-state index in [1.165, 1.54) is 4.90 Å². The highest BCUT2D eigenvalue weighted by Crippen LogP contribution is 2.19. The predicted octanol–water partition coefficient (Wildman–Crippen LogP) is -0.142. The van der Waals surface area contributed by atoms with Gasteiger partial charge in [0.1, 0.15) is 0 Å². The number of nitrogens with zero attached hydrogens (tertiary/aromatic N) is 2. The molecule has 0 saturated carbocycles. The van der Waals surface area contributed by atoms with Gasteiger partial charge in [-0.25, -0.2) is 18.0 Å². The average Bonchev–Trinajstić information content (AvgIpc) is 2.68. The van der Waals surface area contributed by atoms with Gasteiger partial charge in [0.25, 0.3) is 11.8 Å².